The predicted octanol–water partition coefficient (Wildman–Crippen LogP) is 4.19. The summed E-state index contributed by atoms with van der Waals surface area (Å²) >= 11 is 7.29. The molecule has 23 heavy (non-hydrogen) atoms. The lowest BCUT2D eigenvalue weighted by atomic mass is 10.1. The van der Waals surface area contributed by atoms with Crippen molar-refractivity contribution in [1.82, 2.24) is 4.98 Å². The van der Waals surface area contributed by atoms with Crippen molar-refractivity contribution in [2.75, 3.05) is 23.7 Å². The van der Waals surface area contributed by atoms with Gasteiger partial charge in [-0.05, 0) is 25.0 Å². The van der Waals surface area contributed by atoms with Gasteiger partial charge < -0.3 is 15.4 Å². The molecule has 2 aliphatic heterocycles. The number of nitrogen functional groups attached to an aromatic ring is 1. The summed E-state index contributed by atoms with van der Waals surface area (Å²) in [5, 5.41) is 2.87. The molecule has 2 fully saturated rings. The topological polar surface area (TPSA) is 51.4 Å². The van der Waals surface area contributed by atoms with E-state index in [1.165, 1.54) is 6.07 Å². The number of hydrogen-bond donors (Lipinski definition) is 1. The quantitative estimate of drug-likeness (QED) is 0.821. The summed E-state index contributed by atoms with van der Waals surface area (Å²) in [6.45, 7) is 1.74. The van der Waals surface area contributed by atoms with Crippen molar-refractivity contribution in [2.45, 2.75) is 32.5 Å². The average molecular weight is 356 g/mol. The van der Waals surface area contributed by atoms with Crippen LogP contribution in [0.4, 0.5) is 15.2 Å². The van der Waals surface area contributed by atoms with E-state index in [9.17, 15) is 4.39 Å². The normalized spacial score (nSPS) is 23.0. The second kappa shape index (κ2) is 6.26. The Morgan fingerprint density at radius 3 is 2.70 bits per heavy atom. The van der Waals surface area contributed by atoms with Crippen LogP contribution in [-0.2, 0) is 4.74 Å². The van der Waals surface area contributed by atoms with Crippen LogP contribution in [-0.4, -0.2) is 30.3 Å². The molecular weight excluding hydrogens is 337 g/mol. The summed E-state index contributed by atoms with van der Waals surface area (Å²) < 4.78 is 19.7. The molecule has 4 nitrogen and oxygen atoms in total. The van der Waals surface area contributed by atoms with Gasteiger partial charge in [-0.15, -0.1) is 11.3 Å². The number of anilines is 2. The Hall–Kier alpha value is -1.37. The predicted molar refractivity (Wildman–Crippen MR) is 93.8 cm³/mol. The Morgan fingerprint density at radius 2 is 2.00 bits per heavy atom. The maximum absolute atomic E-state index is 13.8. The first-order valence-electron chi connectivity index (χ1n) is 7.21. The second-order valence-electron chi connectivity index (χ2n) is 5.70. The van der Waals surface area contributed by atoms with Gasteiger partial charge in [-0.1, -0.05) is 19.0 Å². The minimum absolute atomic E-state index is 0. The van der Waals surface area contributed by atoms with E-state index in [0.29, 0.717) is 23.5 Å². The first-order valence-corrected chi connectivity index (χ1v) is 8.47. The van der Waals surface area contributed by atoms with Gasteiger partial charge in [-0.3, -0.25) is 0 Å². The Kier molecular flexibility index (Phi) is 4.49. The molecule has 0 spiro atoms. The van der Waals surface area contributed by atoms with Crippen LogP contribution in [0, 0.1) is 5.82 Å². The second-order valence-corrected chi connectivity index (χ2v) is 6.94. The number of halogens is 2. The van der Waals surface area contributed by atoms with Crippen LogP contribution in [0.3, 0.4) is 0 Å². The van der Waals surface area contributed by atoms with E-state index in [2.05, 4.69) is 9.88 Å². The van der Waals surface area contributed by atoms with E-state index in [1.807, 2.05) is 5.38 Å². The largest absolute Gasteiger partial charge is 0.396 e. The van der Waals surface area contributed by atoms with Gasteiger partial charge in [0.05, 0.1) is 28.6 Å². The van der Waals surface area contributed by atoms with Crippen LogP contribution < -0.4 is 10.6 Å². The first-order chi connectivity index (χ1) is 10.6. The average Bonchev–Trinajstić information content (AvgIpc) is 3.12. The van der Waals surface area contributed by atoms with Crippen LogP contribution >= 0.6 is 22.9 Å². The zero-order valence-electron chi connectivity index (χ0n) is 11.8. The Labute approximate surface area is 144 Å². The molecular formula is C16H19ClFN3OS. The molecule has 0 aliphatic carbocycles. The van der Waals surface area contributed by atoms with Crippen molar-refractivity contribution in [3.8, 4) is 11.3 Å². The molecule has 2 saturated heterocycles. The van der Waals surface area contributed by atoms with E-state index in [0.717, 1.165) is 31.1 Å². The highest BCUT2D eigenvalue weighted by Gasteiger charge is 2.34. The number of hydrogen-bond acceptors (Lipinski definition) is 5. The smallest absolute Gasteiger partial charge is 0.186 e. The Balaban J connectivity index is 0.00000156. The van der Waals surface area contributed by atoms with Crippen molar-refractivity contribution in [3.63, 3.8) is 0 Å². The number of rotatable bonds is 2. The lowest BCUT2D eigenvalue weighted by molar-refractivity contribution is 0.0305. The molecule has 0 saturated carbocycles. The summed E-state index contributed by atoms with van der Waals surface area (Å²) in [6, 6.07) is 3.22. The molecule has 2 atom stereocenters. The number of aromatic nitrogens is 1. The lowest BCUT2D eigenvalue weighted by Crippen LogP contribution is -2.42. The highest BCUT2D eigenvalue weighted by molar-refractivity contribution is 7.14. The number of fused-ring (bicyclic) bond motifs is 2. The van der Waals surface area contributed by atoms with Gasteiger partial charge in [0.2, 0.25) is 0 Å². The van der Waals surface area contributed by atoms with E-state index in [1.54, 1.807) is 17.4 Å². The number of nitrogens with zero attached hydrogens (tertiary/aromatic N) is 2. The fourth-order valence-corrected chi connectivity index (χ4v) is 4.10. The highest BCUT2D eigenvalue weighted by atomic mass is 35.5. The molecule has 2 N–H and O–H groups in total. The van der Waals surface area contributed by atoms with Crippen LogP contribution in [0.1, 0.15) is 20.3 Å². The monoisotopic (exact) mass is 355 g/mol. The number of nitrogens with two attached hydrogens (primary N) is 1. The molecule has 2 unspecified atom stereocenters. The van der Waals surface area contributed by atoms with Gasteiger partial charge >= 0.3 is 0 Å². The highest BCUT2D eigenvalue weighted by Crippen LogP contribution is 2.36. The molecule has 1 aromatic heterocycles. The van der Waals surface area contributed by atoms with Crippen LogP contribution in [0.15, 0.2) is 17.5 Å². The number of morpholine rings is 1. The van der Waals surface area contributed by atoms with Crippen LogP contribution in [0.5, 0.6) is 0 Å². The molecule has 4 rings (SSSR count). The Bertz CT molecular complexity index is 711. The zero-order chi connectivity index (χ0) is 15.3. The molecule has 3 heterocycles. The molecule has 2 bridgehead atoms. The third-order valence-corrected chi connectivity index (χ3v) is 5.41. The third-order valence-electron chi connectivity index (χ3n) is 4.21. The number of thiazole rings is 1. The molecule has 7 heteroatoms. The van der Waals surface area contributed by atoms with Crippen molar-refractivity contribution >= 4 is 33.8 Å². The van der Waals surface area contributed by atoms with E-state index < -0.39 is 5.82 Å². The van der Waals surface area contributed by atoms with Crippen LogP contribution in [0.25, 0.3) is 11.3 Å². The van der Waals surface area contributed by atoms with Gasteiger partial charge in [-0.2, -0.15) is 0 Å². The molecule has 2 aliphatic rings. The summed E-state index contributed by atoms with van der Waals surface area (Å²) in [7, 11) is 0. The fraction of sp³-hybridized carbons (Fsp3) is 0.438. The van der Waals surface area contributed by atoms with Gasteiger partial charge in [0.15, 0.2) is 10.9 Å². The van der Waals surface area contributed by atoms with Crippen molar-refractivity contribution in [1.29, 1.82) is 0 Å². The van der Waals surface area contributed by atoms with Crippen LogP contribution in [0.2, 0.25) is 5.02 Å². The summed E-state index contributed by atoms with van der Waals surface area (Å²) in [5.74, 6) is -0.585. The van der Waals surface area contributed by atoms with Gasteiger partial charge in [0, 0.05) is 24.0 Å². The molecule has 2 aromatic rings. The van der Waals surface area contributed by atoms with Crippen molar-refractivity contribution in [3.05, 3.63) is 28.4 Å². The maximum Gasteiger partial charge on any atom is 0.186 e. The third kappa shape index (κ3) is 2.91. The minimum atomic E-state index is -0.585. The zero-order valence-corrected chi connectivity index (χ0v) is 13.3. The molecule has 0 radical (unpaired) electrons. The Morgan fingerprint density at radius 1 is 1.30 bits per heavy atom. The minimum Gasteiger partial charge on any atom is -0.396 e. The van der Waals surface area contributed by atoms with E-state index in [4.69, 9.17) is 22.1 Å². The van der Waals surface area contributed by atoms with E-state index >= 15 is 0 Å². The van der Waals surface area contributed by atoms with Crippen molar-refractivity contribution < 1.29 is 9.13 Å². The van der Waals surface area contributed by atoms with Crippen molar-refractivity contribution in [2.24, 2.45) is 0 Å². The van der Waals surface area contributed by atoms with Gasteiger partial charge in [-0.25, -0.2) is 9.37 Å². The molecule has 1 aromatic carbocycles. The van der Waals surface area contributed by atoms with Gasteiger partial charge in [0.1, 0.15) is 0 Å². The summed E-state index contributed by atoms with van der Waals surface area (Å²) in [6.07, 6.45) is 2.86. The number of benzene rings is 1. The molecule has 124 valence electrons. The molecule has 0 amide bonds. The fourth-order valence-electron chi connectivity index (χ4n) is 3.09. The van der Waals surface area contributed by atoms with E-state index in [-0.39, 0.29) is 18.1 Å². The van der Waals surface area contributed by atoms with Gasteiger partial charge in [0.25, 0.3) is 0 Å². The first kappa shape index (κ1) is 16.5. The number of ether oxygens (including phenoxy) is 1. The summed E-state index contributed by atoms with van der Waals surface area (Å²) in [4.78, 5) is 6.88. The SMILES string of the molecule is C.Nc1c(-c2csc(N3CC4CCC(C3)O4)n2)ccc(Cl)c1F. The lowest BCUT2D eigenvalue weighted by Gasteiger charge is -2.31. The standard InChI is InChI=1S/C15H15ClFN3OS.CH4/c16-11-4-3-10(14(18)13(11)17)12-7-22-15(19-12)20-5-8-1-2-9(6-20)21-8;/h3-4,7-9H,1-2,5-6,18H2;1H4. The maximum atomic E-state index is 13.8. The summed E-state index contributed by atoms with van der Waals surface area (Å²) in [5.41, 5.74) is 7.15.